The fourth-order valence-corrected chi connectivity index (χ4v) is 2.55. The molecule has 1 aromatic heterocycles. The molecule has 2 aromatic rings. The van der Waals surface area contributed by atoms with Crippen molar-refractivity contribution in [1.82, 2.24) is 4.98 Å². The van der Waals surface area contributed by atoms with Crippen LogP contribution < -0.4 is 10.5 Å². The van der Waals surface area contributed by atoms with Crippen LogP contribution in [0.5, 0.6) is 0 Å². The summed E-state index contributed by atoms with van der Waals surface area (Å²) in [5.41, 5.74) is 5.65. The molecule has 0 atom stereocenters. The average molecular weight is 267 g/mol. The molecular weight excluding hydrogens is 257 g/mol. The van der Waals surface area contributed by atoms with Crippen LogP contribution >= 0.6 is 0 Å². The molecule has 5 nitrogen and oxygen atoms in total. The monoisotopic (exact) mass is 267 g/mol. The Morgan fingerprint density at radius 2 is 2.06 bits per heavy atom. The summed E-state index contributed by atoms with van der Waals surface area (Å²) in [6.07, 6.45) is 2.88. The van der Waals surface area contributed by atoms with Gasteiger partial charge in [0.1, 0.15) is 10.7 Å². The number of nitrogens with zero attached hydrogens (tertiary/aromatic N) is 1. The van der Waals surface area contributed by atoms with E-state index in [1.54, 1.807) is 12.1 Å². The van der Waals surface area contributed by atoms with Crippen molar-refractivity contribution in [2.45, 2.75) is 4.90 Å². The number of sulfonamides is 1. The Hall–Kier alpha value is -2.15. The van der Waals surface area contributed by atoms with Gasteiger partial charge in [0, 0.05) is 6.20 Å². The van der Waals surface area contributed by atoms with E-state index in [-0.39, 0.29) is 10.6 Å². The second kappa shape index (κ2) is 4.61. The van der Waals surface area contributed by atoms with Crippen molar-refractivity contribution in [3.8, 4) is 0 Å². The zero-order valence-corrected chi connectivity index (χ0v) is 9.99. The van der Waals surface area contributed by atoms with Gasteiger partial charge in [0.05, 0.1) is 17.6 Å². The average Bonchev–Trinajstić information content (AvgIpc) is 2.29. The highest BCUT2D eigenvalue weighted by Crippen LogP contribution is 2.21. The maximum Gasteiger partial charge on any atom is 0.263 e. The smallest absolute Gasteiger partial charge is 0.263 e. The zero-order valence-electron chi connectivity index (χ0n) is 9.17. The summed E-state index contributed by atoms with van der Waals surface area (Å²) >= 11 is 0. The molecule has 18 heavy (non-hydrogen) atoms. The molecule has 0 amide bonds. The maximum absolute atomic E-state index is 12.9. The van der Waals surface area contributed by atoms with E-state index in [2.05, 4.69) is 9.71 Å². The van der Waals surface area contributed by atoms with E-state index in [0.717, 1.165) is 18.2 Å². The number of pyridine rings is 1. The lowest BCUT2D eigenvalue weighted by molar-refractivity contribution is 0.600. The van der Waals surface area contributed by atoms with Crippen molar-refractivity contribution in [3.63, 3.8) is 0 Å². The van der Waals surface area contributed by atoms with Gasteiger partial charge in [-0.1, -0.05) is 0 Å². The number of anilines is 2. The van der Waals surface area contributed by atoms with Crippen molar-refractivity contribution < 1.29 is 12.8 Å². The van der Waals surface area contributed by atoms with Crippen LogP contribution in [0.4, 0.5) is 15.8 Å². The molecule has 1 aromatic carbocycles. The number of hydrogen-bond donors (Lipinski definition) is 2. The second-order valence-electron chi connectivity index (χ2n) is 3.53. The fourth-order valence-electron chi connectivity index (χ4n) is 1.40. The number of nitrogen functional groups attached to an aromatic ring is 1. The highest BCUT2D eigenvalue weighted by atomic mass is 32.2. The summed E-state index contributed by atoms with van der Waals surface area (Å²) in [5, 5.41) is 0. The van der Waals surface area contributed by atoms with Crippen LogP contribution in [0.15, 0.2) is 47.6 Å². The van der Waals surface area contributed by atoms with Crippen LogP contribution in [-0.4, -0.2) is 13.4 Å². The van der Waals surface area contributed by atoms with E-state index < -0.39 is 15.8 Å². The SMILES string of the molecule is Nc1cc(F)ccc1S(=O)(=O)Nc1cccnc1. The number of nitrogens with two attached hydrogens (primary N) is 1. The molecule has 0 fully saturated rings. The molecule has 0 aliphatic rings. The summed E-state index contributed by atoms with van der Waals surface area (Å²) in [6, 6.07) is 6.24. The summed E-state index contributed by atoms with van der Waals surface area (Å²) < 4.78 is 39.1. The molecule has 0 unspecified atom stereocenters. The van der Waals surface area contributed by atoms with Crippen LogP contribution in [0.3, 0.4) is 0 Å². The van der Waals surface area contributed by atoms with Crippen molar-refractivity contribution in [2.75, 3.05) is 10.5 Å². The highest BCUT2D eigenvalue weighted by Gasteiger charge is 2.17. The van der Waals surface area contributed by atoms with Gasteiger partial charge in [-0.25, -0.2) is 12.8 Å². The van der Waals surface area contributed by atoms with Crippen LogP contribution in [0, 0.1) is 5.82 Å². The first-order chi connectivity index (χ1) is 8.49. The molecule has 0 bridgehead atoms. The largest absolute Gasteiger partial charge is 0.398 e. The van der Waals surface area contributed by atoms with E-state index in [4.69, 9.17) is 5.73 Å². The molecule has 0 spiro atoms. The van der Waals surface area contributed by atoms with Gasteiger partial charge in [-0.3, -0.25) is 9.71 Å². The predicted octanol–water partition coefficient (Wildman–Crippen LogP) is 1.60. The van der Waals surface area contributed by atoms with E-state index in [9.17, 15) is 12.8 Å². The first-order valence-electron chi connectivity index (χ1n) is 4.97. The van der Waals surface area contributed by atoms with Crippen molar-refractivity contribution in [2.24, 2.45) is 0 Å². The quantitative estimate of drug-likeness (QED) is 0.827. The molecular formula is C11H10FN3O2S. The summed E-state index contributed by atoms with van der Waals surface area (Å²) in [5.74, 6) is -0.590. The number of hydrogen-bond acceptors (Lipinski definition) is 4. The van der Waals surface area contributed by atoms with Crippen LogP contribution in [0.1, 0.15) is 0 Å². The van der Waals surface area contributed by atoms with Crippen LogP contribution in [-0.2, 0) is 10.0 Å². The van der Waals surface area contributed by atoms with Gasteiger partial charge in [0.15, 0.2) is 0 Å². The predicted molar refractivity (Wildman–Crippen MR) is 65.9 cm³/mol. The molecule has 7 heteroatoms. The number of halogens is 1. The van der Waals surface area contributed by atoms with Crippen LogP contribution in [0.25, 0.3) is 0 Å². The van der Waals surface area contributed by atoms with Crippen molar-refractivity contribution >= 4 is 21.4 Å². The molecule has 3 N–H and O–H groups in total. The molecule has 0 aliphatic heterocycles. The Kier molecular flexibility index (Phi) is 3.15. The summed E-state index contributed by atoms with van der Waals surface area (Å²) in [4.78, 5) is 3.61. The highest BCUT2D eigenvalue weighted by molar-refractivity contribution is 7.92. The lowest BCUT2D eigenvalue weighted by Gasteiger charge is -2.09. The lowest BCUT2D eigenvalue weighted by Crippen LogP contribution is -2.15. The number of rotatable bonds is 3. The van der Waals surface area contributed by atoms with Gasteiger partial charge in [-0.15, -0.1) is 0 Å². The first kappa shape index (κ1) is 12.3. The van der Waals surface area contributed by atoms with Crippen LogP contribution in [0.2, 0.25) is 0 Å². The standard InChI is InChI=1S/C11H10FN3O2S/c12-8-3-4-11(10(13)6-8)18(16,17)15-9-2-1-5-14-7-9/h1-7,15H,13H2. The number of aromatic nitrogens is 1. The van der Waals surface area contributed by atoms with Gasteiger partial charge in [0.25, 0.3) is 10.0 Å². The third-order valence-electron chi connectivity index (χ3n) is 2.18. The Morgan fingerprint density at radius 3 is 2.67 bits per heavy atom. The Bertz CT molecular complexity index is 659. The molecule has 0 saturated heterocycles. The minimum absolute atomic E-state index is 0.147. The topological polar surface area (TPSA) is 85.1 Å². The molecule has 94 valence electrons. The van der Waals surface area contributed by atoms with E-state index in [0.29, 0.717) is 5.69 Å². The normalized spacial score (nSPS) is 11.2. The van der Waals surface area contributed by atoms with Gasteiger partial charge in [-0.2, -0.15) is 0 Å². The van der Waals surface area contributed by atoms with Crippen molar-refractivity contribution in [3.05, 3.63) is 48.5 Å². The van der Waals surface area contributed by atoms with E-state index >= 15 is 0 Å². The zero-order chi connectivity index (χ0) is 13.2. The Morgan fingerprint density at radius 1 is 1.28 bits per heavy atom. The first-order valence-corrected chi connectivity index (χ1v) is 6.45. The Labute approximate surface area is 104 Å². The maximum atomic E-state index is 12.9. The fraction of sp³-hybridized carbons (Fsp3) is 0. The molecule has 0 saturated carbocycles. The van der Waals surface area contributed by atoms with E-state index in [1.165, 1.54) is 12.4 Å². The molecule has 0 aliphatic carbocycles. The summed E-state index contributed by atoms with van der Waals surface area (Å²) in [6.45, 7) is 0. The third kappa shape index (κ3) is 2.57. The Balaban J connectivity index is 2.37. The van der Waals surface area contributed by atoms with Gasteiger partial charge < -0.3 is 5.73 Å². The van der Waals surface area contributed by atoms with Gasteiger partial charge in [0.2, 0.25) is 0 Å². The molecule has 2 rings (SSSR count). The number of benzene rings is 1. The van der Waals surface area contributed by atoms with Crippen molar-refractivity contribution in [1.29, 1.82) is 0 Å². The van der Waals surface area contributed by atoms with Gasteiger partial charge in [-0.05, 0) is 30.3 Å². The third-order valence-corrected chi connectivity index (χ3v) is 3.63. The molecule has 0 radical (unpaired) electrons. The minimum Gasteiger partial charge on any atom is -0.398 e. The van der Waals surface area contributed by atoms with E-state index in [1.807, 2.05) is 0 Å². The number of nitrogens with one attached hydrogen (secondary N) is 1. The summed E-state index contributed by atoms with van der Waals surface area (Å²) in [7, 11) is -3.84. The lowest BCUT2D eigenvalue weighted by atomic mass is 10.3. The van der Waals surface area contributed by atoms with Gasteiger partial charge >= 0.3 is 0 Å². The molecule has 1 heterocycles. The minimum atomic E-state index is -3.84. The second-order valence-corrected chi connectivity index (χ2v) is 5.18.